The number of nitro groups is 1. The number of sulfonamides is 1. The molecule has 0 saturated carbocycles. The summed E-state index contributed by atoms with van der Waals surface area (Å²) in [6.07, 6.45) is 2.73. The van der Waals surface area contributed by atoms with Gasteiger partial charge in [0.15, 0.2) is 0 Å². The first kappa shape index (κ1) is 21.3. The van der Waals surface area contributed by atoms with Gasteiger partial charge in [-0.2, -0.15) is 0 Å². The standard InChI is InChI=1S/C19H21N3O5S/c1-13(2)16-8-5-15(6-9-16)7-11-19(23)20-21-28(26,27)17-10-4-14(3)18(12-17)22(24)25/h4-13,21H,1-3H3,(H,20,23)/b11-7+. The summed E-state index contributed by atoms with van der Waals surface area (Å²) in [5.74, 6) is -0.286. The van der Waals surface area contributed by atoms with Crippen molar-refractivity contribution >= 4 is 27.7 Å². The topological polar surface area (TPSA) is 118 Å². The van der Waals surface area contributed by atoms with Gasteiger partial charge >= 0.3 is 0 Å². The van der Waals surface area contributed by atoms with Crippen molar-refractivity contribution in [3.8, 4) is 0 Å². The lowest BCUT2D eigenvalue weighted by Gasteiger charge is -2.07. The van der Waals surface area contributed by atoms with E-state index in [-0.39, 0.29) is 10.6 Å². The van der Waals surface area contributed by atoms with Crippen LogP contribution in [-0.4, -0.2) is 19.2 Å². The fraction of sp³-hybridized carbons (Fsp3) is 0.211. The Bertz CT molecular complexity index is 1010. The molecule has 0 unspecified atom stereocenters. The molecule has 28 heavy (non-hydrogen) atoms. The molecule has 1 amide bonds. The number of hydrogen-bond acceptors (Lipinski definition) is 5. The number of carbonyl (C=O) groups excluding carboxylic acids is 1. The van der Waals surface area contributed by atoms with E-state index in [0.717, 1.165) is 11.6 Å². The van der Waals surface area contributed by atoms with Crippen LogP contribution < -0.4 is 10.3 Å². The summed E-state index contributed by atoms with van der Waals surface area (Å²) in [5.41, 5.74) is 4.02. The molecule has 0 aliphatic heterocycles. The zero-order valence-corrected chi connectivity index (χ0v) is 16.5. The molecule has 2 rings (SSSR count). The smallest absolute Gasteiger partial charge is 0.273 e. The minimum Gasteiger partial charge on any atom is -0.274 e. The summed E-state index contributed by atoms with van der Waals surface area (Å²) in [6.45, 7) is 5.66. The Balaban J connectivity index is 2.03. The van der Waals surface area contributed by atoms with Crippen molar-refractivity contribution in [3.05, 3.63) is 75.3 Å². The van der Waals surface area contributed by atoms with Gasteiger partial charge in [-0.15, -0.1) is 4.83 Å². The molecule has 148 valence electrons. The lowest BCUT2D eigenvalue weighted by molar-refractivity contribution is -0.385. The fourth-order valence-corrected chi connectivity index (χ4v) is 3.20. The van der Waals surface area contributed by atoms with Gasteiger partial charge in [-0.25, -0.2) is 8.42 Å². The van der Waals surface area contributed by atoms with E-state index in [9.17, 15) is 23.3 Å². The number of rotatable bonds is 7. The second-order valence-electron chi connectivity index (χ2n) is 6.45. The summed E-state index contributed by atoms with van der Waals surface area (Å²) in [7, 11) is -4.15. The Morgan fingerprint density at radius 2 is 1.79 bits per heavy atom. The Labute approximate surface area is 163 Å². The molecule has 2 N–H and O–H groups in total. The van der Waals surface area contributed by atoms with Crippen LogP contribution in [0.2, 0.25) is 0 Å². The van der Waals surface area contributed by atoms with Gasteiger partial charge in [0.1, 0.15) is 0 Å². The van der Waals surface area contributed by atoms with Crippen molar-refractivity contribution in [1.82, 2.24) is 10.3 Å². The zero-order valence-electron chi connectivity index (χ0n) is 15.7. The number of benzene rings is 2. The molecule has 9 heteroatoms. The van der Waals surface area contributed by atoms with Crippen molar-refractivity contribution in [2.75, 3.05) is 0 Å². The number of hydrazine groups is 1. The highest BCUT2D eigenvalue weighted by atomic mass is 32.2. The first-order valence-electron chi connectivity index (χ1n) is 8.45. The van der Waals surface area contributed by atoms with Gasteiger partial charge in [-0.05, 0) is 36.1 Å². The van der Waals surface area contributed by atoms with Crippen LogP contribution in [-0.2, 0) is 14.8 Å². The van der Waals surface area contributed by atoms with Crippen molar-refractivity contribution in [3.63, 3.8) is 0 Å². The van der Waals surface area contributed by atoms with E-state index in [2.05, 4.69) is 19.3 Å². The van der Waals surface area contributed by atoms with E-state index in [1.165, 1.54) is 30.7 Å². The SMILES string of the molecule is Cc1ccc(S(=O)(=O)NNC(=O)/C=C/c2ccc(C(C)C)cc2)cc1[N+](=O)[O-]. The van der Waals surface area contributed by atoms with Gasteiger partial charge in [-0.1, -0.05) is 44.2 Å². The molecule has 0 bridgehead atoms. The second kappa shape index (κ2) is 8.77. The van der Waals surface area contributed by atoms with Crippen LogP contribution >= 0.6 is 0 Å². The Kier molecular flexibility index (Phi) is 6.66. The van der Waals surface area contributed by atoms with Crippen LogP contribution in [0, 0.1) is 17.0 Å². The monoisotopic (exact) mass is 403 g/mol. The molecular formula is C19H21N3O5S. The maximum absolute atomic E-state index is 12.2. The molecule has 2 aromatic carbocycles. The number of nitro benzene ring substituents is 1. The van der Waals surface area contributed by atoms with Crippen molar-refractivity contribution in [2.24, 2.45) is 0 Å². The highest BCUT2D eigenvalue weighted by molar-refractivity contribution is 7.89. The number of nitrogens with one attached hydrogen (secondary N) is 2. The first-order chi connectivity index (χ1) is 13.1. The van der Waals surface area contributed by atoms with Crippen LogP contribution in [0.1, 0.15) is 36.5 Å². The van der Waals surface area contributed by atoms with Crippen molar-refractivity contribution in [1.29, 1.82) is 0 Å². The largest absolute Gasteiger partial charge is 0.274 e. The Hall–Kier alpha value is -3.04. The summed E-state index contributed by atoms with van der Waals surface area (Å²) in [6, 6.07) is 11.1. The van der Waals surface area contributed by atoms with E-state index in [1.54, 1.807) is 6.08 Å². The quantitative estimate of drug-likeness (QED) is 0.418. The van der Waals surface area contributed by atoms with E-state index >= 15 is 0 Å². The van der Waals surface area contributed by atoms with Crippen molar-refractivity contribution < 1.29 is 18.1 Å². The average molecular weight is 403 g/mol. The van der Waals surface area contributed by atoms with Gasteiger partial charge < -0.3 is 0 Å². The Morgan fingerprint density at radius 3 is 2.36 bits per heavy atom. The number of hydrogen-bond donors (Lipinski definition) is 2. The van der Waals surface area contributed by atoms with E-state index in [4.69, 9.17) is 0 Å². The highest BCUT2D eigenvalue weighted by Crippen LogP contribution is 2.21. The van der Waals surface area contributed by atoms with Gasteiger partial charge in [0.25, 0.3) is 21.6 Å². The minimum absolute atomic E-state index is 0.320. The van der Waals surface area contributed by atoms with Crippen LogP contribution in [0.4, 0.5) is 5.69 Å². The summed E-state index contributed by atoms with van der Waals surface area (Å²) in [4.78, 5) is 23.8. The molecule has 8 nitrogen and oxygen atoms in total. The molecule has 0 atom stereocenters. The summed E-state index contributed by atoms with van der Waals surface area (Å²) >= 11 is 0. The van der Waals surface area contributed by atoms with E-state index in [0.29, 0.717) is 11.5 Å². The number of carbonyl (C=O) groups is 1. The van der Waals surface area contributed by atoms with Crippen LogP contribution in [0.25, 0.3) is 6.08 Å². The maximum atomic E-state index is 12.2. The Morgan fingerprint density at radius 1 is 1.14 bits per heavy atom. The van der Waals surface area contributed by atoms with Gasteiger partial charge in [0.2, 0.25) is 0 Å². The van der Waals surface area contributed by atoms with Gasteiger partial charge in [0, 0.05) is 17.7 Å². The number of aryl methyl sites for hydroxylation is 1. The predicted molar refractivity (Wildman–Crippen MR) is 106 cm³/mol. The number of nitrogens with zero attached hydrogens (tertiary/aromatic N) is 1. The second-order valence-corrected chi connectivity index (χ2v) is 8.14. The summed E-state index contributed by atoms with van der Waals surface area (Å²) in [5, 5.41) is 11.0. The molecule has 0 radical (unpaired) electrons. The normalized spacial score (nSPS) is 11.7. The molecule has 0 aliphatic rings. The molecule has 0 saturated heterocycles. The summed E-state index contributed by atoms with van der Waals surface area (Å²) < 4.78 is 24.5. The lowest BCUT2D eigenvalue weighted by Crippen LogP contribution is -2.40. The van der Waals surface area contributed by atoms with E-state index < -0.39 is 20.9 Å². The molecule has 0 spiro atoms. The minimum atomic E-state index is -4.15. The first-order valence-corrected chi connectivity index (χ1v) is 9.93. The van der Waals surface area contributed by atoms with Gasteiger partial charge in [-0.3, -0.25) is 20.3 Å². The maximum Gasteiger partial charge on any atom is 0.273 e. The molecule has 0 fully saturated rings. The molecule has 0 aliphatic carbocycles. The van der Waals surface area contributed by atoms with Gasteiger partial charge in [0.05, 0.1) is 9.82 Å². The van der Waals surface area contributed by atoms with Crippen molar-refractivity contribution in [2.45, 2.75) is 31.6 Å². The van der Waals surface area contributed by atoms with E-state index in [1.807, 2.05) is 29.1 Å². The molecular weight excluding hydrogens is 382 g/mol. The molecule has 0 aromatic heterocycles. The fourth-order valence-electron chi connectivity index (χ4n) is 2.34. The third-order valence-electron chi connectivity index (χ3n) is 4.03. The third kappa shape index (κ3) is 5.48. The third-order valence-corrected chi connectivity index (χ3v) is 5.27. The van der Waals surface area contributed by atoms with Crippen LogP contribution in [0.15, 0.2) is 53.4 Å². The van der Waals surface area contributed by atoms with Crippen LogP contribution in [0.5, 0.6) is 0 Å². The highest BCUT2D eigenvalue weighted by Gasteiger charge is 2.20. The zero-order chi connectivity index (χ0) is 20.9. The number of amides is 1. The molecule has 0 heterocycles. The van der Waals surface area contributed by atoms with Crippen LogP contribution in [0.3, 0.4) is 0 Å². The lowest BCUT2D eigenvalue weighted by atomic mass is 10.0. The predicted octanol–water partition coefficient (Wildman–Crippen LogP) is 3.05. The average Bonchev–Trinajstić information content (AvgIpc) is 2.65. The molecule has 2 aromatic rings.